The number of rotatable bonds is 7. The van der Waals surface area contributed by atoms with Gasteiger partial charge in [0.05, 0.1) is 11.4 Å². The number of fused-ring (bicyclic) bond motifs is 1. The molecule has 0 atom stereocenters. The molecule has 0 aliphatic rings. The number of H-pyrrole nitrogens is 1. The van der Waals surface area contributed by atoms with E-state index in [4.69, 9.17) is 4.98 Å². The number of aryl methyl sites for hydroxylation is 2. The van der Waals surface area contributed by atoms with E-state index in [1.807, 2.05) is 18.2 Å². The molecule has 0 aliphatic carbocycles. The smallest absolute Gasteiger partial charge is 0.205 e. The number of hydrogen-bond donors (Lipinski definition) is 1. The van der Waals surface area contributed by atoms with Gasteiger partial charge < -0.3 is 4.57 Å². The number of nitrogens with one attached hydrogen (secondary N) is 1. The molecule has 2 aromatic carbocycles. The van der Waals surface area contributed by atoms with Crippen LogP contribution in [0.2, 0.25) is 0 Å². The van der Waals surface area contributed by atoms with Crippen LogP contribution in [0, 0.1) is 6.92 Å². The molecule has 0 unspecified atom stereocenters. The second kappa shape index (κ2) is 8.39. The molecular weight excluding hydrogens is 406 g/mol. The number of imidazole rings is 1. The number of aromatic amines is 1. The van der Waals surface area contributed by atoms with E-state index in [1.165, 1.54) is 22.0 Å². The summed E-state index contributed by atoms with van der Waals surface area (Å²) in [5.74, 6) is 1.72. The van der Waals surface area contributed by atoms with Crippen molar-refractivity contribution in [3.63, 3.8) is 0 Å². The summed E-state index contributed by atoms with van der Waals surface area (Å²) < 4.78 is 6.94. The topological polar surface area (TPSA) is 85.2 Å². The number of nitrogens with zero attached hydrogens (tertiary/aromatic N) is 6. The summed E-state index contributed by atoms with van der Waals surface area (Å²) in [7, 11) is 0. The predicted molar refractivity (Wildman–Crippen MR) is 123 cm³/mol. The zero-order valence-corrected chi connectivity index (χ0v) is 18.4. The first-order valence-electron chi connectivity index (χ1n) is 10.5. The second-order valence-corrected chi connectivity index (χ2v) is 8.58. The molecule has 5 aromatic rings. The highest BCUT2D eigenvalue weighted by atomic mass is 32.1. The van der Waals surface area contributed by atoms with Crippen LogP contribution >= 0.6 is 11.5 Å². The maximum atomic E-state index is 4.90. The van der Waals surface area contributed by atoms with Gasteiger partial charge in [-0.1, -0.05) is 61.9 Å². The molecule has 0 amide bonds. The van der Waals surface area contributed by atoms with E-state index in [9.17, 15) is 0 Å². The van der Waals surface area contributed by atoms with Crippen LogP contribution in [0.4, 0.5) is 0 Å². The third kappa shape index (κ3) is 3.74. The van der Waals surface area contributed by atoms with Gasteiger partial charge >= 0.3 is 0 Å². The van der Waals surface area contributed by atoms with Crippen molar-refractivity contribution in [2.24, 2.45) is 0 Å². The van der Waals surface area contributed by atoms with Crippen molar-refractivity contribution < 1.29 is 0 Å². The first-order valence-corrected chi connectivity index (χ1v) is 11.3. The van der Waals surface area contributed by atoms with Crippen LogP contribution < -0.4 is 0 Å². The summed E-state index contributed by atoms with van der Waals surface area (Å²) in [6.45, 7) is 5.08. The fourth-order valence-corrected chi connectivity index (χ4v) is 4.47. The lowest BCUT2D eigenvalue weighted by molar-refractivity contribution is 0.687. The monoisotopic (exact) mass is 429 g/mol. The third-order valence-electron chi connectivity index (χ3n) is 5.50. The Balaban J connectivity index is 1.46. The van der Waals surface area contributed by atoms with Crippen molar-refractivity contribution in [3.05, 3.63) is 64.8 Å². The van der Waals surface area contributed by atoms with Crippen LogP contribution in [-0.2, 0) is 13.0 Å². The molecule has 3 aromatic heterocycles. The minimum atomic E-state index is 0.597. The van der Waals surface area contributed by atoms with Gasteiger partial charge in [-0.3, -0.25) is 0 Å². The first-order chi connectivity index (χ1) is 15.2. The van der Waals surface area contributed by atoms with Gasteiger partial charge in [0.1, 0.15) is 11.3 Å². The van der Waals surface area contributed by atoms with Crippen molar-refractivity contribution in [1.29, 1.82) is 0 Å². The molecule has 0 saturated heterocycles. The van der Waals surface area contributed by atoms with E-state index < -0.39 is 0 Å². The maximum absolute atomic E-state index is 4.90. The van der Waals surface area contributed by atoms with Crippen LogP contribution in [0.5, 0.6) is 0 Å². The SMILES string of the molecule is CCCCc1nc2c(C)snc2n1Cc1ccc(-c2ccccc2-c2nn[nH]n2)cc1. The number of tetrazole rings is 1. The Labute approximate surface area is 184 Å². The standard InChI is InChI=1S/C23H23N7S/c1-3-4-9-20-24-21-15(2)31-27-23(21)30(20)14-16-10-12-17(13-11-16)18-7-5-6-8-19(18)22-25-28-29-26-22/h5-8,10-13H,3-4,9,14H2,1-2H3,(H,25,26,28,29). The predicted octanol–water partition coefficient (Wildman–Crippen LogP) is 5.04. The Morgan fingerprint density at radius 2 is 1.84 bits per heavy atom. The van der Waals surface area contributed by atoms with Gasteiger partial charge in [0.2, 0.25) is 5.82 Å². The van der Waals surface area contributed by atoms with Crippen LogP contribution in [0.15, 0.2) is 48.5 Å². The summed E-state index contributed by atoms with van der Waals surface area (Å²) in [5.41, 5.74) is 6.43. The number of aromatic nitrogens is 7. The van der Waals surface area contributed by atoms with Gasteiger partial charge in [0.15, 0.2) is 5.65 Å². The van der Waals surface area contributed by atoms with Crippen molar-refractivity contribution in [3.8, 4) is 22.5 Å². The lowest BCUT2D eigenvalue weighted by Crippen LogP contribution is -2.06. The molecule has 0 aliphatic heterocycles. The van der Waals surface area contributed by atoms with E-state index in [2.05, 4.69) is 73.7 Å². The molecule has 3 heterocycles. The van der Waals surface area contributed by atoms with E-state index >= 15 is 0 Å². The third-order valence-corrected chi connectivity index (χ3v) is 6.23. The largest absolute Gasteiger partial charge is 0.307 e. The first kappa shape index (κ1) is 19.6. The molecule has 156 valence electrons. The Bertz CT molecular complexity index is 1300. The fourth-order valence-electron chi connectivity index (χ4n) is 3.84. The van der Waals surface area contributed by atoms with Crippen LogP contribution in [-0.4, -0.2) is 34.5 Å². The molecule has 31 heavy (non-hydrogen) atoms. The van der Waals surface area contributed by atoms with E-state index in [0.717, 1.165) is 59.5 Å². The molecule has 0 bridgehead atoms. The zero-order chi connectivity index (χ0) is 21.2. The fraction of sp³-hybridized carbons (Fsp3) is 0.261. The minimum absolute atomic E-state index is 0.597. The highest BCUT2D eigenvalue weighted by Gasteiger charge is 2.16. The number of unbranched alkanes of at least 4 members (excludes halogenated alkanes) is 1. The molecular formula is C23H23N7S. The summed E-state index contributed by atoms with van der Waals surface area (Å²) in [6.07, 6.45) is 3.27. The molecule has 0 radical (unpaired) electrons. The molecule has 0 saturated carbocycles. The number of benzene rings is 2. The lowest BCUT2D eigenvalue weighted by Gasteiger charge is -2.10. The van der Waals surface area contributed by atoms with Crippen LogP contribution in [0.3, 0.4) is 0 Å². The zero-order valence-electron chi connectivity index (χ0n) is 17.5. The van der Waals surface area contributed by atoms with Gasteiger partial charge in [-0.05, 0) is 46.8 Å². The average molecular weight is 430 g/mol. The summed E-state index contributed by atoms with van der Waals surface area (Å²) in [5, 5.41) is 14.5. The average Bonchev–Trinajstić information content (AvgIpc) is 3.53. The Morgan fingerprint density at radius 3 is 2.58 bits per heavy atom. The highest BCUT2D eigenvalue weighted by molar-refractivity contribution is 7.07. The summed E-state index contributed by atoms with van der Waals surface area (Å²) in [6, 6.07) is 16.8. The lowest BCUT2D eigenvalue weighted by atomic mass is 9.98. The van der Waals surface area contributed by atoms with Gasteiger partial charge in [0.25, 0.3) is 0 Å². The Kier molecular flexibility index (Phi) is 5.30. The summed E-state index contributed by atoms with van der Waals surface area (Å²) in [4.78, 5) is 6.08. The Hall–Kier alpha value is -3.39. The molecule has 0 fully saturated rings. The summed E-state index contributed by atoms with van der Waals surface area (Å²) >= 11 is 1.53. The normalized spacial score (nSPS) is 11.4. The highest BCUT2D eigenvalue weighted by Crippen LogP contribution is 2.30. The van der Waals surface area contributed by atoms with E-state index in [0.29, 0.717) is 5.82 Å². The minimum Gasteiger partial charge on any atom is -0.307 e. The van der Waals surface area contributed by atoms with E-state index in [1.54, 1.807) is 0 Å². The van der Waals surface area contributed by atoms with E-state index in [-0.39, 0.29) is 0 Å². The van der Waals surface area contributed by atoms with Crippen molar-refractivity contribution in [2.45, 2.75) is 39.7 Å². The number of hydrogen-bond acceptors (Lipinski definition) is 6. The molecule has 8 heteroatoms. The van der Waals surface area contributed by atoms with Crippen LogP contribution in [0.1, 0.15) is 36.0 Å². The van der Waals surface area contributed by atoms with Gasteiger partial charge in [-0.25, -0.2) is 4.98 Å². The van der Waals surface area contributed by atoms with Crippen molar-refractivity contribution in [1.82, 2.24) is 34.5 Å². The Morgan fingerprint density at radius 1 is 1.03 bits per heavy atom. The van der Waals surface area contributed by atoms with Gasteiger partial charge in [0, 0.05) is 12.0 Å². The molecule has 7 nitrogen and oxygen atoms in total. The van der Waals surface area contributed by atoms with Gasteiger partial charge in [-0.2, -0.15) is 9.59 Å². The molecule has 1 N–H and O–H groups in total. The van der Waals surface area contributed by atoms with Crippen molar-refractivity contribution >= 4 is 22.7 Å². The molecule has 0 spiro atoms. The molecule has 5 rings (SSSR count). The van der Waals surface area contributed by atoms with Gasteiger partial charge in [-0.15, -0.1) is 10.2 Å². The van der Waals surface area contributed by atoms with Crippen molar-refractivity contribution in [2.75, 3.05) is 0 Å². The quantitative estimate of drug-likeness (QED) is 0.392. The second-order valence-electron chi connectivity index (χ2n) is 7.61. The maximum Gasteiger partial charge on any atom is 0.205 e. The van der Waals surface area contributed by atoms with Crippen LogP contribution in [0.25, 0.3) is 33.7 Å².